The standard InChI is InChI=1S/C7H9Cl3N6OS/c1-4(17)13-5(7(8,9)10)14-6(18)15-16-2-11-12-3-16/h2-3,5H,1H3,(H,13,17)(H2,14,15,18). The van der Waals surface area contributed by atoms with Gasteiger partial charge < -0.3 is 10.6 Å². The number of alkyl halides is 3. The van der Waals surface area contributed by atoms with Gasteiger partial charge in [0.25, 0.3) is 0 Å². The van der Waals surface area contributed by atoms with Gasteiger partial charge in [0.1, 0.15) is 18.8 Å². The summed E-state index contributed by atoms with van der Waals surface area (Å²) in [4.78, 5) is 11.0. The lowest BCUT2D eigenvalue weighted by atomic mass is 10.5. The number of rotatable bonds is 3. The zero-order chi connectivity index (χ0) is 13.8. The van der Waals surface area contributed by atoms with Gasteiger partial charge in [-0.3, -0.25) is 10.2 Å². The molecule has 0 saturated heterocycles. The van der Waals surface area contributed by atoms with Crippen molar-refractivity contribution >= 4 is 58.0 Å². The first kappa shape index (κ1) is 15.2. The van der Waals surface area contributed by atoms with E-state index in [9.17, 15) is 4.79 Å². The Morgan fingerprint density at radius 3 is 2.33 bits per heavy atom. The lowest BCUT2D eigenvalue weighted by Gasteiger charge is -2.27. The van der Waals surface area contributed by atoms with Crippen LogP contribution in [0.15, 0.2) is 12.7 Å². The predicted molar refractivity (Wildman–Crippen MR) is 73.0 cm³/mol. The number of carbonyl (C=O) groups excluding carboxylic acids is 1. The first-order valence-electron chi connectivity index (χ1n) is 4.55. The second kappa shape index (κ2) is 6.37. The van der Waals surface area contributed by atoms with Gasteiger partial charge in [0.15, 0.2) is 5.11 Å². The molecule has 0 fully saturated rings. The topological polar surface area (TPSA) is 83.9 Å². The number of nitrogens with zero attached hydrogens (tertiary/aromatic N) is 3. The van der Waals surface area contributed by atoms with Crippen LogP contribution in [0.2, 0.25) is 0 Å². The number of nitrogens with one attached hydrogen (secondary N) is 3. The summed E-state index contributed by atoms with van der Waals surface area (Å²) in [7, 11) is 0. The van der Waals surface area contributed by atoms with E-state index >= 15 is 0 Å². The average Bonchev–Trinajstić information content (AvgIpc) is 2.67. The second-order valence-corrected chi connectivity index (χ2v) is 5.91. The summed E-state index contributed by atoms with van der Waals surface area (Å²) in [5.41, 5.74) is 2.68. The molecule has 0 aliphatic rings. The molecule has 1 aromatic rings. The lowest BCUT2D eigenvalue weighted by Crippen LogP contribution is -2.56. The van der Waals surface area contributed by atoms with E-state index in [1.165, 1.54) is 24.3 Å². The van der Waals surface area contributed by atoms with E-state index in [1.807, 2.05) is 0 Å². The zero-order valence-electron chi connectivity index (χ0n) is 9.02. The van der Waals surface area contributed by atoms with Crippen LogP contribution < -0.4 is 16.1 Å². The molecule has 1 unspecified atom stereocenters. The maximum atomic E-state index is 11.0. The van der Waals surface area contributed by atoms with Crippen LogP contribution in [0.3, 0.4) is 0 Å². The van der Waals surface area contributed by atoms with Gasteiger partial charge in [0.05, 0.1) is 0 Å². The van der Waals surface area contributed by atoms with E-state index in [4.69, 9.17) is 47.0 Å². The van der Waals surface area contributed by atoms with Gasteiger partial charge in [0.2, 0.25) is 9.70 Å². The summed E-state index contributed by atoms with van der Waals surface area (Å²) < 4.78 is -0.372. The first-order valence-corrected chi connectivity index (χ1v) is 6.09. The molecule has 0 aliphatic carbocycles. The second-order valence-electron chi connectivity index (χ2n) is 3.13. The predicted octanol–water partition coefficient (Wildman–Crippen LogP) is 0.529. The van der Waals surface area contributed by atoms with Crippen molar-refractivity contribution in [3.8, 4) is 0 Å². The summed E-state index contributed by atoms with van der Waals surface area (Å²) in [5.74, 6) is -0.370. The van der Waals surface area contributed by atoms with Gasteiger partial charge in [-0.15, -0.1) is 10.2 Å². The maximum Gasteiger partial charge on any atom is 0.228 e. The van der Waals surface area contributed by atoms with Crippen molar-refractivity contribution in [3.63, 3.8) is 0 Å². The van der Waals surface area contributed by atoms with Crippen molar-refractivity contribution in [1.29, 1.82) is 0 Å². The molecular formula is C7H9Cl3N6OS. The number of carbonyl (C=O) groups is 1. The largest absolute Gasteiger partial charge is 0.338 e. The smallest absolute Gasteiger partial charge is 0.228 e. The van der Waals surface area contributed by atoms with Crippen LogP contribution in [0, 0.1) is 0 Å². The Hall–Kier alpha value is -0.830. The van der Waals surface area contributed by atoms with Gasteiger partial charge in [-0.2, -0.15) is 0 Å². The summed E-state index contributed by atoms with van der Waals surface area (Å²) in [5, 5.41) is 12.3. The van der Waals surface area contributed by atoms with Crippen LogP contribution in [-0.2, 0) is 4.79 Å². The van der Waals surface area contributed by atoms with E-state index in [0.717, 1.165) is 0 Å². The highest BCUT2D eigenvalue weighted by Gasteiger charge is 2.33. The molecule has 0 bridgehead atoms. The number of halogens is 3. The van der Waals surface area contributed by atoms with E-state index in [0.29, 0.717) is 0 Å². The Morgan fingerprint density at radius 1 is 1.33 bits per heavy atom. The fourth-order valence-corrected chi connectivity index (χ4v) is 1.49. The van der Waals surface area contributed by atoms with Gasteiger partial charge in [0, 0.05) is 6.92 Å². The molecule has 0 aliphatic heterocycles. The van der Waals surface area contributed by atoms with Crippen LogP contribution in [-0.4, -0.2) is 35.9 Å². The van der Waals surface area contributed by atoms with Crippen molar-refractivity contribution in [2.45, 2.75) is 16.9 Å². The maximum absolute atomic E-state index is 11.0. The van der Waals surface area contributed by atoms with E-state index in [2.05, 4.69) is 26.3 Å². The van der Waals surface area contributed by atoms with E-state index in [1.54, 1.807) is 0 Å². The quantitative estimate of drug-likeness (QED) is 0.426. The average molecular weight is 332 g/mol. The minimum atomic E-state index is -1.76. The van der Waals surface area contributed by atoms with Gasteiger partial charge in [-0.25, -0.2) is 4.68 Å². The van der Waals surface area contributed by atoms with E-state index < -0.39 is 9.96 Å². The number of hydrogen-bond acceptors (Lipinski definition) is 4. The Bertz CT molecular complexity index is 419. The van der Waals surface area contributed by atoms with Crippen LogP contribution in [0.4, 0.5) is 0 Å². The Morgan fingerprint density at radius 2 is 1.89 bits per heavy atom. The minimum absolute atomic E-state index is 0.125. The highest BCUT2D eigenvalue weighted by atomic mass is 35.6. The molecule has 100 valence electrons. The Labute approximate surface area is 123 Å². The number of aromatic nitrogens is 3. The molecule has 7 nitrogen and oxygen atoms in total. The van der Waals surface area contributed by atoms with Crippen LogP contribution in [0.25, 0.3) is 0 Å². The van der Waals surface area contributed by atoms with Gasteiger partial charge in [-0.1, -0.05) is 34.8 Å². The Kier molecular flexibility index (Phi) is 5.39. The summed E-state index contributed by atoms with van der Waals surface area (Å²) in [6.07, 6.45) is 1.80. The van der Waals surface area contributed by atoms with Crippen LogP contribution in [0.1, 0.15) is 6.92 Å². The molecule has 1 aromatic heterocycles. The summed E-state index contributed by atoms with van der Waals surface area (Å²) >= 11 is 22.1. The van der Waals surface area contributed by atoms with E-state index in [-0.39, 0.29) is 11.0 Å². The van der Waals surface area contributed by atoms with Crippen molar-refractivity contribution in [1.82, 2.24) is 25.5 Å². The third-order valence-electron chi connectivity index (χ3n) is 1.60. The fourth-order valence-electron chi connectivity index (χ4n) is 0.942. The first-order chi connectivity index (χ1) is 8.29. The van der Waals surface area contributed by atoms with Crippen LogP contribution in [0.5, 0.6) is 0 Å². The van der Waals surface area contributed by atoms with Crippen LogP contribution >= 0.6 is 47.0 Å². The number of thiocarbonyl (C=S) groups is 1. The highest BCUT2D eigenvalue weighted by Crippen LogP contribution is 2.28. The normalized spacial score (nSPS) is 12.7. The summed E-state index contributed by atoms with van der Waals surface area (Å²) in [6, 6.07) is 0. The molecule has 0 saturated carbocycles. The number of amides is 1. The molecule has 11 heteroatoms. The summed E-state index contributed by atoms with van der Waals surface area (Å²) in [6.45, 7) is 1.29. The van der Waals surface area contributed by atoms with Crippen molar-refractivity contribution in [2.75, 3.05) is 5.43 Å². The minimum Gasteiger partial charge on any atom is -0.338 e. The van der Waals surface area contributed by atoms with Gasteiger partial charge in [-0.05, 0) is 12.2 Å². The third kappa shape index (κ3) is 5.21. The SMILES string of the molecule is CC(=O)NC(NC(=S)Nn1cnnc1)C(Cl)(Cl)Cl. The molecule has 18 heavy (non-hydrogen) atoms. The molecule has 0 spiro atoms. The Balaban J connectivity index is 2.60. The molecule has 3 N–H and O–H groups in total. The third-order valence-corrected chi connectivity index (χ3v) is 2.46. The molecule has 0 radical (unpaired) electrons. The molecule has 1 atom stereocenters. The molecule has 1 amide bonds. The zero-order valence-corrected chi connectivity index (χ0v) is 12.1. The highest BCUT2D eigenvalue weighted by molar-refractivity contribution is 7.80. The molecule has 1 rings (SSSR count). The monoisotopic (exact) mass is 330 g/mol. The van der Waals surface area contributed by atoms with Crippen molar-refractivity contribution in [3.05, 3.63) is 12.7 Å². The van der Waals surface area contributed by atoms with Crippen molar-refractivity contribution in [2.24, 2.45) is 0 Å². The van der Waals surface area contributed by atoms with Gasteiger partial charge >= 0.3 is 0 Å². The fraction of sp³-hybridized carbons (Fsp3) is 0.429. The van der Waals surface area contributed by atoms with Crippen molar-refractivity contribution < 1.29 is 4.79 Å². The molecular weight excluding hydrogens is 323 g/mol. The number of hydrogen-bond donors (Lipinski definition) is 3. The lowest BCUT2D eigenvalue weighted by molar-refractivity contribution is -0.119. The molecule has 1 heterocycles. The molecule has 0 aromatic carbocycles.